The monoisotopic (exact) mass is 493 g/mol. The van der Waals surface area contributed by atoms with Crippen LogP contribution in [-0.4, -0.2) is 71.7 Å². The van der Waals surface area contributed by atoms with Gasteiger partial charge in [0.25, 0.3) is 5.91 Å². The Morgan fingerprint density at radius 3 is 2.78 bits per heavy atom. The third kappa shape index (κ3) is 5.23. The fourth-order valence-electron chi connectivity index (χ4n) is 4.25. The van der Waals surface area contributed by atoms with E-state index in [9.17, 15) is 4.79 Å². The predicted molar refractivity (Wildman–Crippen MR) is 143 cm³/mol. The molecule has 12 nitrogen and oxygen atoms in total. The quantitative estimate of drug-likeness (QED) is 0.335. The number of fused-ring (bicyclic) bond motifs is 1. The van der Waals surface area contributed by atoms with E-state index in [1.165, 1.54) is 12.7 Å². The molecule has 5 heterocycles. The summed E-state index contributed by atoms with van der Waals surface area (Å²) >= 11 is 0. The second-order valence-electron chi connectivity index (χ2n) is 9.09. The van der Waals surface area contributed by atoms with Crippen molar-refractivity contribution in [3.8, 4) is 0 Å². The van der Waals surface area contributed by atoms with Gasteiger partial charge in [-0.3, -0.25) is 9.78 Å². The van der Waals surface area contributed by atoms with Crippen molar-refractivity contribution in [2.75, 3.05) is 36.8 Å². The molecule has 1 amide bonds. The molecule has 0 aromatic carbocycles. The number of hydrogen-bond donors (Lipinski definition) is 3. The van der Waals surface area contributed by atoms with Crippen LogP contribution in [0, 0.1) is 12.8 Å². The molecule has 4 aromatic rings. The average molecular weight is 494 g/mol. The highest BCUT2D eigenvalue weighted by molar-refractivity contribution is 5.96. The average Bonchev–Trinajstić information content (AvgIpc) is 3.43. The van der Waals surface area contributed by atoms with Gasteiger partial charge in [-0.15, -0.1) is 0 Å². The molecule has 1 saturated heterocycles. The SMILES string of the molecule is Cc1ncc(C(=O)NCCN2CC[C@H](C)C2)cc1Nc1nn(C)c2nc(Nc3cncnc3)ncc12.[HH].[HH].[HH]. The normalized spacial score (nSPS) is 15.8. The third-order valence-corrected chi connectivity index (χ3v) is 6.22. The summed E-state index contributed by atoms with van der Waals surface area (Å²) in [5, 5.41) is 14.7. The first kappa shape index (κ1) is 23.5. The van der Waals surface area contributed by atoms with Crippen LogP contribution in [0.3, 0.4) is 0 Å². The Morgan fingerprint density at radius 1 is 1.17 bits per heavy atom. The molecular formula is C24H35N11O. The van der Waals surface area contributed by atoms with Gasteiger partial charge in [-0.1, -0.05) is 6.92 Å². The first-order chi connectivity index (χ1) is 17.5. The summed E-state index contributed by atoms with van der Waals surface area (Å²) in [5.41, 5.74) is 3.26. The number of likely N-dealkylation sites (tertiary alicyclic amines) is 1. The molecule has 1 fully saturated rings. The minimum absolute atomic E-state index is 0. The van der Waals surface area contributed by atoms with Gasteiger partial charge in [0.15, 0.2) is 11.5 Å². The van der Waals surface area contributed by atoms with E-state index in [1.54, 1.807) is 35.5 Å². The zero-order valence-corrected chi connectivity index (χ0v) is 20.6. The molecule has 12 heteroatoms. The van der Waals surface area contributed by atoms with Crippen molar-refractivity contribution in [2.45, 2.75) is 20.3 Å². The summed E-state index contributed by atoms with van der Waals surface area (Å²) < 4.78 is 1.67. The molecule has 5 rings (SSSR count). The summed E-state index contributed by atoms with van der Waals surface area (Å²) in [6, 6.07) is 1.79. The molecule has 0 radical (unpaired) electrons. The van der Waals surface area contributed by atoms with Crippen LogP contribution in [0.15, 0.2) is 37.2 Å². The van der Waals surface area contributed by atoms with Crippen LogP contribution in [0.5, 0.6) is 0 Å². The zero-order valence-electron chi connectivity index (χ0n) is 20.6. The smallest absolute Gasteiger partial charge is 0.252 e. The van der Waals surface area contributed by atoms with Crippen LogP contribution in [0.25, 0.3) is 11.0 Å². The van der Waals surface area contributed by atoms with E-state index in [1.807, 2.05) is 14.0 Å². The van der Waals surface area contributed by atoms with Crippen LogP contribution in [0.2, 0.25) is 0 Å². The number of nitrogens with one attached hydrogen (secondary N) is 3. The lowest BCUT2D eigenvalue weighted by Crippen LogP contribution is -2.33. The van der Waals surface area contributed by atoms with Gasteiger partial charge in [-0.05, 0) is 31.9 Å². The maximum absolute atomic E-state index is 12.7. The minimum atomic E-state index is -0.146. The zero-order chi connectivity index (χ0) is 25.1. The van der Waals surface area contributed by atoms with E-state index in [4.69, 9.17) is 0 Å². The van der Waals surface area contributed by atoms with Gasteiger partial charge >= 0.3 is 0 Å². The van der Waals surface area contributed by atoms with Gasteiger partial charge in [0.2, 0.25) is 5.95 Å². The Morgan fingerprint density at radius 2 is 2.00 bits per heavy atom. The summed E-state index contributed by atoms with van der Waals surface area (Å²) in [7, 11) is 1.81. The summed E-state index contributed by atoms with van der Waals surface area (Å²) in [6.07, 6.45) is 9.25. The van der Waals surface area contributed by atoms with Gasteiger partial charge in [0.05, 0.1) is 40.4 Å². The van der Waals surface area contributed by atoms with Crippen LogP contribution in [-0.2, 0) is 7.05 Å². The van der Waals surface area contributed by atoms with E-state index in [0.29, 0.717) is 40.9 Å². The van der Waals surface area contributed by atoms with Crippen LogP contribution >= 0.6 is 0 Å². The number of nitrogens with zero attached hydrogens (tertiary/aromatic N) is 8. The number of aryl methyl sites for hydroxylation is 2. The van der Waals surface area contributed by atoms with Gasteiger partial charge in [-0.2, -0.15) is 10.1 Å². The molecule has 0 unspecified atom stereocenters. The van der Waals surface area contributed by atoms with Crippen LogP contribution in [0.1, 0.15) is 33.7 Å². The Labute approximate surface area is 213 Å². The number of pyridine rings is 1. The Balaban J connectivity index is 0.00000178. The fraction of sp³-hybridized carbons (Fsp3) is 0.375. The van der Waals surface area contributed by atoms with Gasteiger partial charge < -0.3 is 20.9 Å². The number of aromatic nitrogens is 7. The second-order valence-corrected chi connectivity index (χ2v) is 9.09. The van der Waals surface area contributed by atoms with Gasteiger partial charge in [0, 0.05) is 43.4 Å². The maximum Gasteiger partial charge on any atom is 0.252 e. The number of amides is 1. The van der Waals surface area contributed by atoms with E-state index < -0.39 is 0 Å². The lowest BCUT2D eigenvalue weighted by atomic mass is 10.2. The highest BCUT2D eigenvalue weighted by atomic mass is 16.1. The van der Waals surface area contributed by atoms with E-state index in [2.05, 4.69) is 57.8 Å². The number of carbonyl (C=O) groups excluding carboxylic acids is 1. The van der Waals surface area contributed by atoms with Crippen molar-refractivity contribution < 1.29 is 9.07 Å². The Bertz CT molecular complexity index is 1390. The largest absolute Gasteiger partial charge is 0.351 e. The molecule has 0 spiro atoms. The molecule has 192 valence electrons. The minimum Gasteiger partial charge on any atom is -0.351 e. The van der Waals surface area contributed by atoms with Gasteiger partial charge in [-0.25, -0.2) is 19.6 Å². The Kier molecular flexibility index (Phi) is 6.67. The summed E-state index contributed by atoms with van der Waals surface area (Å²) in [4.78, 5) is 36.5. The molecule has 3 N–H and O–H groups in total. The van der Waals surface area contributed by atoms with Crippen LogP contribution < -0.4 is 16.0 Å². The van der Waals surface area contributed by atoms with Gasteiger partial charge in [0.1, 0.15) is 6.33 Å². The van der Waals surface area contributed by atoms with Crippen molar-refractivity contribution in [2.24, 2.45) is 13.0 Å². The topological polar surface area (TPSA) is 139 Å². The van der Waals surface area contributed by atoms with Crippen molar-refractivity contribution >= 4 is 40.1 Å². The lowest BCUT2D eigenvalue weighted by molar-refractivity contribution is 0.0949. The highest BCUT2D eigenvalue weighted by Gasteiger charge is 2.19. The molecular weight excluding hydrogens is 458 g/mol. The van der Waals surface area contributed by atoms with E-state index in [-0.39, 0.29) is 10.2 Å². The van der Waals surface area contributed by atoms with Crippen molar-refractivity contribution in [3.63, 3.8) is 0 Å². The molecule has 1 aliphatic heterocycles. The number of hydrogen-bond acceptors (Lipinski definition) is 10. The van der Waals surface area contributed by atoms with E-state index >= 15 is 0 Å². The van der Waals surface area contributed by atoms with Crippen molar-refractivity contribution in [1.82, 2.24) is 44.9 Å². The highest BCUT2D eigenvalue weighted by Crippen LogP contribution is 2.26. The molecule has 0 bridgehead atoms. The molecule has 4 aromatic heterocycles. The Hall–Kier alpha value is -4.19. The molecule has 0 aliphatic carbocycles. The molecule has 36 heavy (non-hydrogen) atoms. The fourth-order valence-corrected chi connectivity index (χ4v) is 4.25. The number of anilines is 4. The molecule has 0 saturated carbocycles. The van der Waals surface area contributed by atoms with Crippen LogP contribution in [0.4, 0.5) is 23.1 Å². The molecule has 1 atom stereocenters. The third-order valence-electron chi connectivity index (χ3n) is 6.22. The predicted octanol–water partition coefficient (Wildman–Crippen LogP) is 3.15. The first-order valence-electron chi connectivity index (χ1n) is 11.9. The molecule has 1 aliphatic rings. The second kappa shape index (κ2) is 10.2. The summed E-state index contributed by atoms with van der Waals surface area (Å²) in [5.74, 6) is 1.57. The lowest BCUT2D eigenvalue weighted by Gasteiger charge is -2.15. The van der Waals surface area contributed by atoms with Crippen molar-refractivity contribution in [1.29, 1.82) is 0 Å². The number of carbonyl (C=O) groups is 1. The van der Waals surface area contributed by atoms with Crippen molar-refractivity contribution in [3.05, 3.63) is 48.4 Å². The standard InChI is InChI=1S/C24H29N11O.3H2/c1-15-4-6-35(13-15)7-5-27-23(36)17-8-20(16(2)28-9-17)31-21-19-12-29-24(32-22(19)34(3)33-21)30-18-10-25-14-26-11-18;;;/h8-12,14-15H,4-7,13H2,1-3H3,(H,27,36)(H,31,33)(H,29,30,32);3*1H/t15-;;;/m0.../s1. The number of rotatable bonds is 8. The first-order valence-corrected chi connectivity index (χ1v) is 11.9. The maximum atomic E-state index is 12.7. The summed E-state index contributed by atoms with van der Waals surface area (Å²) in [6.45, 7) is 7.79. The van der Waals surface area contributed by atoms with E-state index in [0.717, 1.165) is 36.6 Å².